The zero-order chi connectivity index (χ0) is 10.1. The van der Waals surface area contributed by atoms with Crippen molar-refractivity contribution >= 4 is 6.29 Å². The second-order valence-corrected chi connectivity index (χ2v) is 2.78. The monoisotopic (exact) mass is 184 g/mol. The molecule has 0 bridgehead atoms. The largest absolute Gasteiger partial charge is 0.303 e. The average Bonchev–Trinajstić information content (AvgIpc) is 2.25. The maximum Gasteiger partial charge on any atom is 0.120 e. The molecular weight excluding hydrogens is 172 g/mol. The molecule has 0 saturated heterocycles. The van der Waals surface area contributed by atoms with Gasteiger partial charge in [-0.2, -0.15) is 0 Å². The van der Waals surface area contributed by atoms with Gasteiger partial charge in [-0.05, 0) is 24.6 Å². The fraction of sp³-hybridized carbons (Fsp3) is 0.154. The predicted molar refractivity (Wildman–Crippen MR) is 57.8 cm³/mol. The molecule has 14 heavy (non-hydrogen) atoms. The van der Waals surface area contributed by atoms with Crippen LogP contribution in [0.25, 0.3) is 0 Å². The molecule has 0 atom stereocenters. The number of hydrogen-bond acceptors (Lipinski definition) is 1. The third-order valence-electron chi connectivity index (χ3n) is 1.64. The Labute approximate surface area is 84.5 Å². The number of carbonyl (C=O) groups is 1. The molecule has 0 N–H and O–H groups in total. The van der Waals surface area contributed by atoms with Gasteiger partial charge in [0.05, 0.1) is 0 Å². The molecule has 1 heteroatoms. The molecule has 1 rings (SSSR count). The Morgan fingerprint density at radius 2 is 1.93 bits per heavy atom. The van der Waals surface area contributed by atoms with Crippen LogP contribution in [0, 0.1) is 11.8 Å². The normalized spacial score (nSPS) is 9.43. The first-order chi connectivity index (χ1) is 6.93. The summed E-state index contributed by atoms with van der Waals surface area (Å²) in [6.45, 7) is 0. The van der Waals surface area contributed by atoms with Gasteiger partial charge in [0.15, 0.2) is 0 Å². The molecule has 1 aromatic rings. The Balaban J connectivity index is 2.41. The van der Waals surface area contributed by atoms with Crippen LogP contribution >= 0.6 is 0 Å². The summed E-state index contributed by atoms with van der Waals surface area (Å²) in [6, 6.07) is 9.81. The highest BCUT2D eigenvalue weighted by Gasteiger charge is 1.79. The van der Waals surface area contributed by atoms with Gasteiger partial charge in [0.2, 0.25) is 0 Å². The standard InChI is InChI=1S/C13H12O/c14-12-8-3-1-2-5-9-13-10-6-4-7-11-13/h1-2,4,6-7,10-12H,3,8H2/b2-1+. The number of hydrogen-bond donors (Lipinski definition) is 0. The minimum atomic E-state index is 0.573. The summed E-state index contributed by atoms with van der Waals surface area (Å²) in [4.78, 5) is 9.99. The maximum absolute atomic E-state index is 9.99. The minimum absolute atomic E-state index is 0.573. The van der Waals surface area contributed by atoms with Gasteiger partial charge in [-0.3, -0.25) is 0 Å². The van der Waals surface area contributed by atoms with E-state index in [2.05, 4.69) is 11.8 Å². The molecule has 0 aliphatic rings. The number of benzene rings is 1. The van der Waals surface area contributed by atoms with Gasteiger partial charge in [-0.25, -0.2) is 0 Å². The molecular formula is C13H12O. The van der Waals surface area contributed by atoms with Crippen molar-refractivity contribution in [1.82, 2.24) is 0 Å². The summed E-state index contributed by atoms with van der Waals surface area (Å²) in [5.74, 6) is 5.91. The highest BCUT2D eigenvalue weighted by Crippen LogP contribution is 1.94. The van der Waals surface area contributed by atoms with Crippen LogP contribution in [0.3, 0.4) is 0 Å². The summed E-state index contributed by atoms with van der Waals surface area (Å²) in [6.07, 6.45) is 5.95. The second-order valence-electron chi connectivity index (χ2n) is 2.78. The minimum Gasteiger partial charge on any atom is -0.303 e. The van der Waals surface area contributed by atoms with Gasteiger partial charge in [-0.15, -0.1) is 0 Å². The van der Waals surface area contributed by atoms with Crippen LogP contribution in [0.4, 0.5) is 0 Å². The first kappa shape index (κ1) is 10.3. The molecule has 1 nitrogen and oxygen atoms in total. The van der Waals surface area contributed by atoms with E-state index in [9.17, 15) is 4.79 Å². The number of rotatable bonds is 3. The zero-order valence-corrected chi connectivity index (χ0v) is 7.94. The van der Waals surface area contributed by atoms with Gasteiger partial charge in [0, 0.05) is 12.0 Å². The SMILES string of the molecule is O=CCC/C=C/C#Cc1ccccc1. The highest BCUT2D eigenvalue weighted by molar-refractivity contribution is 5.49. The van der Waals surface area contributed by atoms with Crippen LogP contribution in [0.15, 0.2) is 42.5 Å². The van der Waals surface area contributed by atoms with Crippen LogP contribution in [0.5, 0.6) is 0 Å². The fourth-order valence-electron chi connectivity index (χ4n) is 0.953. The number of allylic oxidation sites excluding steroid dienone is 2. The number of unbranched alkanes of at least 4 members (excludes halogenated alkanes) is 1. The Morgan fingerprint density at radius 3 is 2.64 bits per heavy atom. The van der Waals surface area contributed by atoms with E-state index >= 15 is 0 Å². The molecule has 1 aromatic carbocycles. The summed E-state index contributed by atoms with van der Waals surface area (Å²) in [5.41, 5.74) is 1.01. The second kappa shape index (κ2) is 6.68. The summed E-state index contributed by atoms with van der Waals surface area (Å²) < 4.78 is 0. The Kier molecular flexibility index (Phi) is 4.90. The quantitative estimate of drug-likeness (QED) is 0.401. The van der Waals surface area contributed by atoms with E-state index in [1.807, 2.05) is 36.4 Å². The maximum atomic E-state index is 9.99. The topological polar surface area (TPSA) is 17.1 Å². The summed E-state index contributed by atoms with van der Waals surface area (Å²) >= 11 is 0. The lowest BCUT2D eigenvalue weighted by Gasteiger charge is -1.84. The van der Waals surface area contributed by atoms with Gasteiger partial charge in [0.25, 0.3) is 0 Å². The van der Waals surface area contributed by atoms with E-state index in [0.717, 1.165) is 18.3 Å². The first-order valence-electron chi connectivity index (χ1n) is 4.58. The lowest BCUT2D eigenvalue weighted by molar-refractivity contribution is -0.107. The molecule has 0 aromatic heterocycles. The molecule has 0 spiro atoms. The van der Waals surface area contributed by atoms with Crippen LogP contribution in [0.1, 0.15) is 18.4 Å². The molecule has 0 unspecified atom stereocenters. The molecule has 0 fully saturated rings. The average molecular weight is 184 g/mol. The van der Waals surface area contributed by atoms with Gasteiger partial charge < -0.3 is 4.79 Å². The van der Waals surface area contributed by atoms with Gasteiger partial charge >= 0.3 is 0 Å². The van der Waals surface area contributed by atoms with Crippen molar-refractivity contribution in [3.05, 3.63) is 48.0 Å². The predicted octanol–water partition coefficient (Wildman–Crippen LogP) is 2.57. The van der Waals surface area contributed by atoms with Crippen molar-refractivity contribution in [3.63, 3.8) is 0 Å². The van der Waals surface area contributed by atoms with E-state index in [1.165, 1.54) is 0 Å². The van der Waals surface area contributed by atoms with E-state index in [1.54, 1.807) is 6.08 Å². The third kappa shape index (κ3) is 4.27. The molecule has 0 amide bonds. The van der Waals surface area contributed by atoms with Crippen molar-refractivity contribution < 1.29 is 4.79 Å². The van der Waals surface area contributed by atoms with Crippen LogP contribution in [-0.4, -0.2) is 6.29 Å². The molecule has 0 heterocycles. The molecule has 0 radical (unpaired) electrons. The van der Waals surface area contributed by atoms with Crippen molar-refractivity contribution in [3.8, 4) is 11.8 Å². The number of carbonyl (C=O) groups excluding carboxylic acids is 1. The van der Waals surface area contributed by atoms with Crippen LogP contribution in [-0.2, 0) is 4.79 Å². The molecule has 0 aliphatic heterocycles. The molecule has 70 valence electrons. The Morgan fingerprint density at radius 1 is 1.14 bits per heavy atom. The van der Waals surface area contributed by atoms with E-state index in [-0.39, 0.29) is 0 Å². The smallest absolute Gasteiger partial charge is 0.120 e. The lowest BCUT2D eigenvalue weighted by Crippen LogP contribution is -1.70. The third-order valence-corrected chi connectivity index (χ3v) is 1.64. The van der Waals surface area contributed by atoms with Crippen LogP contribution < -0.4 is 0 Å². The van der Waals surface area contributed by atoms with Gasteiger partial charge in [0.1, 0.15) is 6.29 Å². The lowest BCUT2D eigenvalue weighted by atomic mass is 10.2. The van der Waals surface area contributed by atoms with Crippen molar-refractivity contribution in [2.75, 3.05) is 0 Å². The highest BCUT2D eigenvalue weighted by atomic mass is 16.1. The summed E-state index contributed by atoms with van der Waals surface area (Å²) in [5, 5.41) is 0. The van der Waals surface area contributed by atoms with E-state index < -0.39 is 0 Å². The Hall–Kier alpha value is -1.81. The van der Waals surface area contributed by atoms with Crippen molar-refractivity contribution in [2.24, 2.45) is 0 Å². The van der Waals surface area contributed by atoms with E-state index in [0.29, 0.717) is 6.42 Å². The first-order valence-corrected chi connectivity index (χ1v) is 4.58. The number of aldehydes is 1. The molecule has 0 saturated carbocycles. The zero-order valence-electron chi connectivity index (χ0n) is 7.94. The fourth-order valence-corrected chi connectivity index (χ4v) is 0.953. The Bertz CT molecular complexity index is 352. The van der Waals surface area contributed by atoms with Crippen molar-refractivity contribution in [2.45, 2.75) is 12.8 Å². The summed E-state index contributed by atoms with van der Waals surface area (Å²) in [7, 11) is 0. The van der Waals surface area contributed by atoms with Crippen LogP contribution in [0.2, 0.25) is 0 Å². The van der Waals surface area contributed by atoms with E-state index in [4.69, 9.17) is 0 Å². The molecule has 0 aliphatic carbocycles. The van der Waals surface area contributed by atoms with Crippen molar-refractivity contribution in [1.29, 1.82) is 0 Å². The van der Waals surface area contributed by atoms with Gasteiger partial charge in [-0.1, -0.05) is 36.1 Å².